The molecule has 1 amide bonds. The van der Waals surface area contributed by atoms with Crippen molar-refractivity contribution in [1.82, 2.24) is 9.88 Å². The van der Waals surface area contributed by atoms with Crippen molar-refractivity contribution in [3.63, 3.8) is 0 Å². The van der Waals surface area contributed by atoms with E-state index in [0.717, 1.165) is 31.6 Å². The maximum absolute atomic E-state index is 12.0. The minimum atomic E-state index is -0.230. The fourth-order valence-corrected chi connectivity index (χ4v) is 2.19. The molecule has 5 heteroatoms. The highest BCUT2D eigenvalue weighted by atomic mass is 35.5. The van der Waals surface area contributed by atoms with Gasteiger partial charge in [-0.05, 0) is 31.9 Å². The predicted molar refractivity (Wildman–Crippen MR) is 68.1 cm³/mol. The summed E-state index contributed by atoms with van der Waals surface area (Å²) in [4.78, 5) is 17.9. The van der Waals surface area contributed by atoms with Gasteiger partial charge >= 0.3 is 0 Å². The van der Waals surface area contributed by atoms with Crippen molar-refractivity contribution < 1.29 is 4.79 Å². The molecule has 1 atom stereocenters. The summed E-state index contributed by atoms with van der Waals surface area (Å²) in [6.07, 6.45) is 3.84. The third-order valence-electron chi connectivity index (χ3n) is 2.90. The number of carbonyl (C=O) groups excluding carboxylic acids is 1. The number of likely N-dealkylation sites (tertiary alicyclic amines) is 1. The zero-order valence-corrected chi connectivity index (χ0v) is 10.6. The van der Waals surface area contributed by atoms with Gasteiger partial charge in [-0.1, -0.05) is 11.6 Å². The van der Waals surface area contributed by atoms with Crippen LogP contribution in [0.15, 0.2) is 18.3 Å². The summed E-state index contributed by atoms with van der Waals surface area (Å²) in [5, 5.41) is 3.57. The zero-order chi connectivity index (χ0) is 12.3. The number of carbonyl (C=O) groups is 1. The molecule has 17 heavy (non-hydrogen) atoms. The topological polar surface area (TPSA) is 45.2 Å². The summed E-state index contributed by atoms with van der Waals surface area (Å²) >= 11 is 5.79. The van der Waals surface area contributed by atoms with Crippen molar-refractivity contribution in [2.45, 2.75) is 25.8 Å². The number of pyridine rings is 1. The molecule has 0 saturated carbocycles. The van der Waals surface area contributed by atoms with E-state index in [4.69, 9.17) is 11.6 Å². The second-order valence-electron chi connectivity index (χ2n) is 4.27. The van der Waals surface area contributed by atoms with E-state index >= 15 is 0 Å². The lowest BCUT2D eigenvalue weighted by Gasteiger charge is -2.21. The Labute approximate surface area is 106 Å². The maximum Gasteiger partial charge on any atom is 0.244 e. The number of hydrogen-bond donors (Lipinski definition) is 1. The monoisotopic (exact) mass is 253 g/mol. The van der Waals surface area contributed by atoms with Crippen LogP contribution in [-0.4, -0.2) is 34.9 Å². The SMILES string of the molecule is CC(Nc1ccnc(Cl)c1)C(=O)N1CCCC1. The molecule has 1 aliphatic rings. The predicted octanol–water partition coefficient (Wildman–Crippen LogP) is 2.16. The molecular weight excluding hydrogens is 238 g/mol. The van der Waals surface area contributed by atoms with Crippen LogP contribution < -0.4 is 5.32 Å². The Hall–Kier alpha value is -1.29. The first-order valence-electron chi connectivity index (χ1n) is 5.84. The largest absolute Gasteiger partial charge is 0.374 e. The highest BCUT2D eigenvalue weighted by molar-refractivity contribution is 6.29. The van der Waals surface area contributed by atoms with E-state index in [-0.39, 0.29) is 11.9 Å². The average molecular weight is 254 g/mol. The van der Waals surface area contributed by atoms with Gasteiger partial charge < -0.3 is 10.2 Å². The van der Waals surface area contributed by atoms with Gasteiger partial charge in [0.1, 0.15) is 11.2 Å². The summed E-state index contributed by atoms with van der Waals surface area (Å²) < 4.78 is 0. The molecule has 92 valence electrons. The minimum Gasteiger partial charge on any atom is -0.374 e. The molecule has 2 rings (SSSR count). The van der Waals surface area contributed by atoms with Gasteiger partial charge in [0, 0.05) is 25.0 Å². The lowest BCUT2D eigenvalue weighted by atomic mass is 10.2. The number of rotatable bonds is 3. The first-order chi connectivity index (χ1) is 8.16. The van der Waals surface area contributed by atoms with Crippen molar-refractivity contribution in [3.8, 4) is 0 Å². The van der Waals surface area contributed by atoms with Gasteiger partial charge in [0.05, 0.1) is 0 Å². The molecule has 1 saturated heterocycles. The van der Waals surface area contributed by atoms with Gasteiger partial charge in [-0.25, -0.2) is 4.98 Å². The van der Waals surface area contributed by atoms with Crippen LogP contribution in [0.1, 0.15) is 19.8 Å². The average Bonchev–Trinajstić information content (AvgIpc) is 2.81. The van der Waals surface area contributed by atoms with E-state index in [9.17, 15) is 4.79 Å². The van der Waals surface area contributed by atoms with Gasteiger partial charge in [0.2, 0.25) is 5.91 Å². The normalized spacial score (nSPS) is 16.9. The number of aromatic nitrogens is 1. The van der Waals surface area contributed by atoms with E-state index in [1.54, 1.807) is 18.3 Å². The van der Waals surface area contributed by atoms with E-state index in [1.165, 1.54) is 0 Å². The summed E-state index contributed by atoms with van der Waals surface area (Å²) in [6.45, 7) is 3.62. The Bertz CT molecular complexity index is 404. The molecule has 0 spiro atoms. The number of amides is 1. The van der Waals surface area contributed by atoms with E-state index < -0.39 is 0 Å². The Balaban J connectivity index is 1.96. The van der Waals surface area contributed by atoms with Crippen molar-refractivity contribution in [2.75, 3.05) is 18.4 Å². The molecule has 2 heterocycles. The molecule has 1 fully saturated rings. The fraction of sp³-hybridized carbons (Fsp3) is 0.500. The molecule has 0 radical (unpaired) electrons. The first-order valence-corrected chi connectivity index (χ1v) is 6.21. The smallest absolute Gasteiger partial charge is 0.244 e. The standard InChI is InChI=1S/C12H16ClN3O/c1-9(12(17)16-6-2-3-7-16)15-10-4-5-14-11(13)8-10/h4-5,8-9H,2-3,6-7H2,1H3,(H,14,15). The van der Waals surface area contributed by atoms with Gasteiger partial charge in [0.15, 0.2) is 0 Å². The van der Waals surface area contributed by atoms with Crippen LogP contribution in [0, 0.1) is 0 Å². The van der Waals surface area contributed by atoms with Gasteiger partial charge in [0.25, 0.3) is 0 Å². The van der Waals surface area contributed by atoms with Gasteiger partial charge in [-0.15, -0.1) is 0 Å². The highest BCUT2D eigenvalue weighted by Gasteiger charge is 2.22. The molecule has 0 aliphatic carbocycles. The van der Waals surface area contributed by atoms with Crippen LogP contribution in [0.3, 0.4) is 0 Å². The van der Waals surface area contributed by atoms with Crippen molar-refractivity contribution in [1.29, 1.82) is 0 Å². The molecule has 1 aliphatic heterocycles. The van der Waals surface area contributed by atoms with Crippen LogP contribution in [0.4, 0.5) is 5.69 Å². The molecule has 1 unspecified atom stereocenters. The summed E-state index contributed by atoms with van der Waals surface area (Å²) in [6, 6.07) is 3.29. The third-order valence-corrected chi connectivity index (χ3v) is 3.10. The van der Waals surface area contributed by atoms with Crippen LogP contribution in [0.2, 0.25) is 5.15 Å². The van der Waals surface area contributed by atoms with E-state index in [0.29, 0.717) is 5.15 Å². The highest BCUT2D eigenvalue weighted by Crippen LogP contribution is 2.15. The maximum atomic E-state index is 12.0. The third kappa shape index (κ3) is 3.09. The number of anilines is 1. The molecule has 1 N–H and O–H groups in total. The molecule has 1 aromatic heterocycles. The van der Waals surface area contributed by atoms with Crippen molar-refractivity contribution in [2.24, 2.45) is 0 Å². The number of halogens is 1. The molecule has 4 nitrogen and oxygen atoms in total. The van der Waals surface area contributed by atoms with E-state index in [2.05, 4.69) is 10.3 Å². The molecular formula is C12H16ClN3O. The van der Waals surface area contributed by atoms with Crippen molar-refractivity contribution in [3.05, 3.63) is 23.5 Å². The fourth-order valence-electron chi connectivity index (χ4n) is 2.02. The molecule has 0 bridgehead atoms. The van der Waals surface area contributed by atoms with Gasteiger partial charge in [-0.3, -0.25) is 4.79 Å². The second kappa shape index (κ2) is 5.36. The number of hydrogen-bond acceptors (Lipinski definition) is 3. The second-order valence-corrected chi connectivity index (χ2v) is 4.65. The molecule has 0 aromatic carbocycles. The Morgan fingerprint density at radius 2 is 2.24 bits per heavy atom. The number of nitrogens with zero attached hydrogens (tertiary/aromatic N) is 2. The first kappa shape index (κ1) is 12.2. The van der Waals surface area contributed by atoms with Crippen LogP contribution in [-0.2, 0) is 4.79 Å². The van der Waals surface area contributed by atoms with Crippen LogP contribution >= 0.6 is 11.6 Å². The van der Waals surface area contributed by atoms with E-state index in [1.807, 2.05) is 11.8 Å². The van der Waals surface area contributed by atoms with Crippen LogP contribution in [0.25, 0.3) is 0 Å². The zero-order valence-electron chi connectivity index (χ0n) is 9.82. The Kier molecular flexibility index (Phi) is 3.84. The summed E-state index contributed by atoms with van der Waals surface area (Å²) in [7, 11) is 0. The quantitative estimate of drug-likeness (QED) is 0.840. The minimum absolute atomic E-state index is 0.149. The van der Waals surface area contributed by atoms with Crippen molar-refractivity contribution >= 4 is 23.2 Å². The lowest BCUT2D eigenvalue weighted by molar-refractivity contribution is -0.130. The lowest BCUT2D eigenvalue weighted by Crippen LogP contribution is -2.39. The molecule has 1 aromatic rings. The summed E-state index contributed by atoms with van der Waals surface area (Å²) in [5.41, 5.74) is 0.824. The number of nitrogens with one attached hydrogen (secondary N) is 1. The Morgan fingerprint density at radius 1 is 1.53 bits per heavy atom. The van der Waals surface area contributed by atoms with Crippen LogP contribution in [0.5, 0.6) is 0 Å². The van der Waals surface area contributed by atoms with Gasteiger partial charge in [-0.2, -0.15) is 0 Å². The Morgan fingerprint density at radius 3 is 2.88 bits per heavy atom. The summed E-state index contributed by atoms with van der Waals surface area (Å²) in [5.74, 6) is 0.149.